The molecule has 3 N–H and O–H groups in total. The van der Waals surface area contributed by atoms with Crippen molar-refractivity contribution in [2.45, 2.75) is 89.5 Å². The number of ketones is 3. The molecule has 1 saturated heterocycles. The Labute approximate surface area is 193 Å². The third kappa shape index (κ3) is 2.73. The van der Waals surface area contributed by atoms with E-state index in [1.54, 1.807) is 6.92 Å². The molecule has 4 aliphatic carbocycles. The van der Waals surface area contributed by atoms with Crippen LogP contribution in [-0.2, 0) is 23.9 Å². The van der Waals surface area contributed by atoms with Gasteiger partial charge in [-0.3, -0.25) is 14.4 Å². The van der Waals surface area contributed by atoms with Crippen molar-refractivity contribution in [3.05, 3.63) is 11.6 Å². The Morgan fingerprint density at radius 2 is 1.97 bits per heavy atom. The molecule has 0 bridgehead atoms. The van der Waals surface area contributed by atoms with E-state index < -0.39 is 70.9 Å². The Balaban J connectivity index is 1.57. The Morgan fingerprint density at radius 3 is 2.64 bits per heavy atom. The SMILES string of the molecule is CCCC1O[C@@H]2C[C@H]3[C@@H]4CCC5=CC(=O)C(=O)C(O)[C@]5(C)[C@H]4[C@@H](O)C[C@]3(C)[C@]2(C(=O)CO)O1. The van der Waals surface area contributed by atoms with Gasteiger partial charge in [0.1, 0.15) is 12.7 Å². The van der Waals surface area contributed by atoms with Crippen molar-refractivity contribution >= 4 is 17.3 Å². The smallest absolute Gasteiger partial charge is 0.231 e. The number of carbonyl (C=O) groups excluding carboxylic acids is 3. The van der Waals surface area contributed by atoms with Crippen molar-refractivity contribution in [3.63, 3.8) is 0 Å². The van der Waals surface area contributed by atoms with Gasteiger partial charge in [0.25, 0.3) is 0 Å². The van der Waals surface area contributed by atoms with Crippen LogP contribution < -0.4 is 0 Å². The van der Waals surface area contributed by atoms with Crippen molar-refractivity contribution in [1.29, 1.82) is 0 Å². The van der Waals surface area contributed by atoms with E-state index in [9.17, 15) is 29.7 Å². The van der Waals surface area contributed by atoms with Crippen LogP contribution in [0.15, 0.2) is 11.6 Å². The van der Waals surface area contributed by atoms with Crippen molar-refractivity contribution < 1.29 is 39.2 Å². The normalized spacial score (nSPS) is 50.8. The first kappa shape index (κ1) is 23.3. The first-order valence-electron chi connectivity index (χ1n) is 12.2. The number of Topliss-reactive ketones (excluding diaryl/α,β-unsaturated/α-hetero) is 2. The zero-order valence-electron chi connectivity index (χ0n) is 19.5. The lowest BCUT2D eigenvalue weighted by Gasteiger charge is -2.61. The van der Waals surface area contributed by atoms with Crippen molar-refractivity contribution in [2.24, 2.45) is 28.6 Å². The first-order chi connectivity index (χ1) is 15.6. The van der Waals surface area contributed by atoms with E-state index in [1.807, 2.05) is 13.8 Å². The van der Waals surface area contributed by atoms with Gasteiger partial charge in [-0.25, -0.2) is 0 Å². The molecule has 0 amide bonds. The second-order valence-corrected chi connectivity index (χ2v) is 11.1. The van der Waals surface area contributed by atoms with Crippen molar-refractivity contribution in [2.75, 3.05) is 6.61 Å². The van der Waals surface area contributed by atoms with Gasteiger partial charge in [-0.05, 0) is 55.9 Å². The largest absolute Gasteiger partial charge is 0.393 e. The molecule has 3 saturated carbocycles. The molecule has 182 valence electrons. The molecule has 0 spiro atoms. The van der Waals surface area contributed by atoms with Crippen LogP contribution in [0.4, 0.5) is 0 Å². The Kier molecular flexibility index (Phi) is 5.31. The minimum Gasteiger partial charge on any atom is -0.393 e. The minimum absolute atomic E-state index is 0.0627. The highest BCUT2D eigenvalue weighted by atomic mass is 16.7. The summed E-state index contributed by atoms with van der Waals surface area (Å²) >= 11 is 0. The molecule has 0 radical (unpaired) electrons. The van der Waals surface area contributed by atoms with Crippen LogP contribution >= 0.6 is 0 Å². The molecule has 33 heavy (non-hydrogen) atoms. The summed E-state index contributed by atoms with van der Waals surface area (Å²) in [6.45, 7) is 5.09. The average molecular weight is 463 g/mol. The van der Waals surface area contributed by atoms with E-state index in [-0.39, 0.29) is 18.3 Å². The standard InChI is InChI=1S/C25H34O8/c1-4-5-19-32-18-9-14-13-7-6-12-8-15(27)21(30)22(31)24(12,3)20(13)16(28)10-23(14,2)25(18,33-19)17(29)11-26/h8,13-14,16,18-20,22,26,28,31H,4-7,9-11H2,1-3H3/t13-,14-,16-,18+,19?,20+,22?,23-,24-,25+/m0/s1. The van der Waals surface area contributed by atoms with Gasteiger partial charge in [-0.2, -0.15) is 0 Å². The summed E-state index contributed by atoms with van der Waals surface area (Å²) in [7, 11) is 0. The van der Waals surface area contributed by atoms with Crippen LogP contribution in [0.5, 0.6) is 0 Å². The molecule has 1 aliphatic heterocycles. The monoisotopic (exact) mass is 462 g/mol. The zero-order chi connectivity index (χ0) is 23.9. The lowest BCUT2D eigenvalue weighted by molar-refractivity contribution is -0.209. The predicted octanol–water partition coefficient (Wildman–Crippen LogP) is 1.09. The van der Waals surface area contributed by atoms with E-state index >= 15 is 0 Å². The quantitative estimate of drug-likeness (QED) is 0.530. The van der Waals surface area contributed by atoms with E-state index in [0.29, 0.717) is 25.7 Å². The highest BCUT2D eigenvalue weighted by Gasteiger charge is 2.76. The van der Waals surface area contributed by atoms with Gasteiger partial charge in [-0.15, -0.1) is 0 Å². The average Bonchev–Trinajstić information content (AvgIpc) is 3.25. The number of hydrogen-bond donors (Lipinski definition) is 3. The number of rotatable bonds is 4. The van der Waals surface area contributed by atoms with Crippen molar-refractivity contribution in [3.8, 4) is 0 Å². The van der Waals surface area contributed by atoms with Crippen LogP contribution in [0.1, 0.15) is 59.3 Å². The number of aliphatic hydroxyl groups is 3. The van der Waals surface area contributed by atoms with Crippen LogP contribution in [0, 0.1) is 28.6 Å². The first-order valence-corrected chi connectivity index (χ1v) is 12.2. The Hall–Kier alpha value is -1.45. The van der Waals surface area contributed by atoms with Crippen LogP contribution in [0.2, 0.25) is 0 Å². The summed E-state index contributed by atoms with van der Waals surface area (Å²) in [5.74, 6) is -2.52. The Morgan fingerprint density at radius 1 is 1.24 bits per heavy atom. The molecule has 0 aromatic rings. The van der Waals surface area contributed by atoms with Gasteiger partial charge in [0, 0.05) is 10.8 Å². The maximum atomic E-state index is 13.2. The minimum atomic E-state index is -1.49. The molecular formula is C25H34O8. The van der Waals surface area contributed by atoms with Gasteiger partial charge >= 0.3 is 0 Å². The summed E-state index contributed by atoms with van der Waals surface area (Å²) in [4.78, 5) is 37.8. The Bertz CT molecular complexity index is 927. The van der Waals surface area contributed by atoms with Gasteiger partial charge < -0.3 is 24.8 Å². The third-order valence-electron chi connectivity index (χ3n) is 9.83. The number of fused-ring (bicyclic) bond motifs is 7. The van der Waals surface area contributed by atoms with E-state index in [2.05, 4.69) is 0 Å². The molecule has 0 aromatic heterocycles. The fourth-order valence-electron chi connectivity index (χ4n) is 8.42. The second-order valence-electron chi connectivity index (χ2n) is 11.1. The van der Waals surface area contributed by atoms with Gasteiger partial charge in [0.15, 0.2) is 17.7 Å². The molecule has 4 fully saturated rings. The van der Waals surface area contributed by atoms with Crippen LogP contribution in [-0.4, -0.2) is 69.5 Å². The molecule has 1 heterocycles. The lowest BCUT2D eigenvalue weighted by Crippen LogP contribution is -2.66. The number of hydrogen-bond acceptors (Lipinski definition) is 8. The van der Waals surface area contributed by atoms with Gasteiger partial charge in [-0.1, -0.05) is 32.8 Å². The maximum absolute atomic E-state index is 13.2. The molecule has 10 atom stereocenters. The van der Waals surface area contributed by atoms with E-state index in [1.165, 1.54) is 6.08 Å². The molecule has 5 aliphatic rings. The molecule has 5 rings (SSSR count). The van der Waals surface area contributed by atoms with Gasteiger partial charge in [0.05, 0.1) is 12.2 Å². The van der Waals surface area contributed by atoms with Crippen molar-refractivity contribution in [1.82, 2.24) is 0 Å². The number of carbonyl (C=O) groups is 3. The summed E-state index contributed by atoms with van der Waals surface area (Å²) in [6.07, 6.45) is 1.36. The topological polar surface area (TPSA) is 130 Å². The van der Waals surface area contributed by atoms with E-state index in [0.717, 1.165) is 12.0 Å². The van der Waals surface area contributed by atoms with Crippen LogP contribution in [0.3, 0.4) is 0 Å². The highest BCUT2D eigenvalue weighted by Crippen LogP contribution is 2.70. The summed E-state index contributed by atoms with van der Waals surface area (Å²) < 4.78 is 12.6. The third-order valence-corrected chi connectivity index (χ3v) is 9.83. The van der Waals surface area contributed by atoms with E-state index in [4.69, 9.17) is 9.47 Å². The molecule has 8 heteroatoms. The van der Waals surface area contributed by atoms with Crippen LogP contribution in [0.25, 0.3) is 0 Å². The maximum Gasteiger partial charge on any atom is 0.231 e. The summed E-state index contributed by atoms with van der Waals surface area (Å²) in [5, 5.41) is 32.4. The van der Waals surface area contributed by atoms with Gasteiger partial charge in [0.2, 0.25) is 11.6 Å². The lowest BCUT2D eigenvalue weighted by atomic mass is 9.44. The predicted molar refractivity (Wildman–Crippen MR) is 115 cm³/mol. The summed E-state index contributed by atoms with van der Waals surface area (Å²) in [6, 6.07) is 0. The second kappa shape index (κ2) is 7.52. The number of ether oxygens (including phenoxy) is 2. The molecule has 2 unspecified atom stereocenters. The molecular weight excluding hydrogens is 428 g/mol. The zero-order valence-corrected chi connectivity index (χ0v) is 19.5. The fourth-order valence-corrected chi connectivity index (χ4v) is 8.42. The number of aliphatic hydroxyl groups excluding tert-OH is 3. The highest BCUT2D eigenvalue weighted by molar-refractivity contribution is 6.44. The fraction of sp³-hybridized carbons (Fsp3) is 0.800. The molecule has 8 nitrogen and oxygen atoms in total. The summed E-state index contributed by atoms with van der Waals surface area (Å²) in [5.41, 5.74) is -2.41. The molecule has 0 aromatic carbocycles.